The molecule has 4 rings (SSSR count). The van der Waals surface area contributed by atoms with E-state index in [0.717, 1.165) is 40.0 Å². The fraction of sp³-hybridized carbons (Fsp3) is 0.333. The quantitative estimate of drug-likeness (QED) is 0.662. The van der Waals surface area contributed by atoms with Crippen molar-refractivity contribution < 1.29 is 9.47 Å². The molecule has 3 aromatic rings. The van der Waals surface area contributed by atoms with Crippen molar-refractivity contribution >= 4 is 17.4 Å². The van der Waals surface area contributed by atoms with E-state index in [2.05, 4.69) is 29.3 Å². The molecule has 0 bridgehead atoms. The molecule has 5 nitrogen and oxygen atoms in total. The van der Waals surface area contributed by atoms with Gasteiger partial charge in [0.2, 0.25) is 0 Å². The van der Waals surface area contributed by atoms with Crippen LogP contribution < -0.4 is 9.47 Å². The van der Waals surface area contributed by atoms with Crippen LogP contribution in [-0.2, 0) is 12.2 Å². The summed E-state index contributed by atoms with van der Waals surface area (Å²) in [6.07, 6.45) is 3.16. The second kappa shape index (κ2) is 6.36. The molecule has 1 aliphatic rings. The molecule has 124 valence electrons. The minimum absolute atomic E-state index is 0.234. The van der Waals surface area contributed by atoms with Gasteiger partial charge < -0.3 is 9.47 Å². The number of hydrogen-bond donors (Lipinski definition) is 0. The highest BCUT2D eigenvalue weighted by Crippen LogP contribution is 2.37. The maximum absolute atomic E-state index is 5.89. The van der Waals surface area contributed by atoms with E-state index in [1.165, 1.54) is 5.56 Å². The summed E-state index contributed by atoms with van der Waals surface area (Å²) in [4.78, 5) is 0. The molecule has 0 spiro atoms. The van der Waals surface area contributed by atoms with Crippen LogP contribution in [0.2, 0.25) is 0 Å². The van der Waals surface area contributed by atoms with E-state index in [1.807, 2.05) is 35.7 Å². The molecular weight excluding hydrogens is 322 g/mol. The number of benzene rings is 1. The second-order valence-electron chi connectivity index (χ2n) is 5.83. The highest BCUT2D eigenvalue weighted by atomic mass is 32.2. The van der Waals surface area contributed by atoms with Crippen LogP contribution in [0.4, 0.5) is 0 Å². The van der Waals surface area contributed by atoms with Crippen molar-refractivity contribution in [1.82, 2.24) is 14.6 Å². The lowest BCUT2D eigenvalue weighted by atomic mass is 10.1. The van der Waals surface area contributed by atoms with E-state index in [1.54, 1.807) is 11.8 Å². The summed E-state index contributed by atoms with van der Waals surface area (Å²) in [6.45, 7) is 4.76. The highest BCUT2D eigenvalue weighted by molar-refractivity contribution is 7.98. The third kappa shape index (κ3) is 2.82. The third-order valence-corrected chi connectivity index (χ3v) is 5.01. The lowest BCUT2D eigenvalue weighted by Gasteiger charge is -2.12. The van der Waals surface area contributed by atoms with Gasteiger partial charge in [0.05, 0.1) is 6.61 Å². The molecule has 0 saturated carbocycles. The van der Waals surface area contributed by atoms with Crippen LogP contribution in [0.15, 0.2) is 41.7 Å². The number of nitrogens with zero attached hydrogens (tertiary/aromatic N) is 3. The molecule has 3 heterocycles. The van der Waals surface area contributed by atoms with Crippen molar-refractivity contribution in [3.8, 4) is 11.5 Å². The van der Waals surface area contributed by atoms with Gasteiger partial charge in [0.1, 0.15) is 17.6 Å². The molecule has 0 saturated heterocycles. The van der Waals surface area contributed by atoms with E-state index in [9.17, 15) is 0 Å². The first-order chi connectivity index (χ1) is 11.7. The van der Waals surface area contributed by atoms with E-state index < -0.39 is 0 Å². The maximum atomic E-state index is 5.89. The molecule has 0 radical (unpaired) electrons. The number of aromatic nitrogens is 3. The average molecular weight is 341 g/mol. The zero-order valence-corrected chi connectivity index (χ0v) is 14.5. The van der Waals surface area contributed by atoms with Gasteiger partial charge in [0.25, 0.3) is 0 Å². The smallest absolute Gasteiger partial charge is 0.195 e. The van der Waals surface area contributed by atoms with Gasteiger partial charge in [0, 0.05) is 29.5 Å². The van der Waals surface area contributed by atoms with Gasteiger partial charge in [-0.15, -0.1) is 10.2 Å². The molecule has 0 N–H and O–H groups in total. The zero-order chi connectivity index (χ0) is 16.5. The Hall–Kier alpha value is -2.21. The summed E-state index contributed by atoms with van der Waals surface area (Å²) < 4.78 is 13.7. The molecule has 1 aromatic carbocycles. The normalized spacial score (nSPS) is 16.2. The van der Waals surface area contributed by atoms with Crippen LogP contribution in [0.1, 0.15) is 25.0 Å². The third-order valence-electron chi connectivity index (χ3n) is 4.02. The van der Waals surface area contributed by atoms with E-state index in [4.69, 9.17) is 9.47 Å². The van der Waals surface area contributed by atoms with Gasteiger partial charge in [-0.3, -0.25) is 4.40 Å². The highest BCUT2D eigenvalue weighted by Gasteiger charge is 2.22. The van der Waals surface area contributed by atoms with E-state index in [-0.39, 0.29) is 6.10 Å². The lowest BCUT2D eigenvalue weighted by Crippen LogP contribution is -2.05. The SMILES string of the molecule is CCOc1cc2c(cc1CSc1nnc3ccccn13)O[C@H](C)C2. The standard InChI is InChI=1S/C18H19N3O2S/c1-3-22-15-9-13-8-12(2)23-16(13)10-14(15)11-24-18-20-19-17-6-4-5-7-21(17)18/h4-7,9-10,12H,3,8,11H2,1-2H3/t12-/m1/s1. The number of hydrogen-bond acceptors (Lipinski definition) is 5. The van der Waals surface area contributed by atoms with Crippen LogP contribution in [0.3, 0.4) is 0 Å². The first kappa shape index (κ1) is 15.3. The molecule has 1 aliphatic heterocycles. The Kier molecular flexibility index (Phi) is 4.06. The summed E-state index contributed by atoms with van der Waals surface area (Å²) in [5.41, 5.74) is 3.21. The Balaban J connectivity index is 1.60. The number of fused-ring (bicyclic) bond motifs is 2. The predicted molar refractivity (Wildman–Crippen MR) is 94.0 cm³/mol. The Morgan fingerprint density at radius 2 is 2.25 bits per heavy atom. The van der Waals surface area contributed by atoms with Crippen molar-refractivity contribution in [2.24, 2.45) is 0 Å². The van der Waals surface area contributed by atoms with Crippen LogP contribution in [0.5, 0.6) is 11.5 Å². The molecular formula is C18H19N3O2S. The van der Waals surface area contributed by atoms with Crippen molar-refractivity contribution in [3.63, 3.8) is 0 Å². The monoisotopic (exact) mass is 341 g/mol. The molecule has 0 amide bonds. The first-order valence-corrected chi connectivity index (χ1v) is 9.11. The minimum atomic E-state index is 0.234. The largest absolute Gasteiger partial charge is 0.494 e. The fourth-order valence-corrected chi connectivity index (χ4v) is 3.85. The van der Waals surface area contributed by atoms with Gasteiger partial charge in [-0.25, -0.2) is 0 Å². The van der Waals surface area contributed by atoms with Crippen LogP contribution in [0.25, 0.3) is 5.65 Å². The van der Waals surface area contributed by atoms with Gasteiger partial charge in [-0.2, -0.15) is 0 Å². The Labute approximate surface area is 145 Å². The Morgan fingerprint density at radius 1 is 1.33 bits per heavy atom. The average Bonchev–Trinajstić information content (AvgIpc) is 3.15. The van der Waals surface area contributed by atoms with E-state index in [0.29, 0.717) is 6.61 Å². The molecule has 0 fully saturated rings. The number of pyridine rings is 1. The molecule has 2 aromatic heterocycles. The molecule has 0 unspecified atom stereocenters. The number of ether oxygens (including phenoxy) is 2. The molecule has 0 aliphatic carbocycles. The van der Waals surface area contributed by atoms with Crippen molar-refractivity contribution in [3.05, 3.63) is 47.7 Å². The molecule has 6 heteroatoms. The van der Waals surface area contributed by atoms with Crippen LogP contribution >= 0.6 is 11.8 Å². The molecule has 1 atom stereocenters. The van der Waals surface area contributed by atoms with Gasteiger partial charge in [-0.1, -0.05) is 17.8 Å². The van der Waals surface area contributed by atoms with Crippen molar-refractivity contribution in [2.75, 3.05) is 6.61 Å². The predicted octanol–water partition coefficient (Wildman–Crippen LogP) is 3.74. The van der Waals surface area contributed by atoms with Crippen LogP contribution in [-0.4, -0.2) is 27.3 Å². The van der Waals surface area contributed by atoms with Gasteiger partial charge >= 0.3 is 0 Å². The summed E-state index contributed by atoms with van der Waals surface area (Å²) in [5, 5.41) is 9.35. The Morgan fingerprint density at radius 3 is 3.12 bits per heavy atom. The lowest BCUT2D eigenvalue weighted by molar-refractivity contribution is 0.254. The van der Waals surface area contributed by atoms with Gasteiger partial charge in [-0.05, 0) is 38.1 Å². The van der Waals surface area contributed by atoms with Crippen molar-refractivity contribution in [1.29, 1.82) is 0 Å². The maximum Gasteiger partial charge on any atom is 0.195 e. The topological polar surface area (TPSA) is 48.7 Å². The van der Waals surface area contributed by atoms with Crippen LogP contribution in [0, 0.1) is 0 Å². The second-order valence-corrected chi connectivity index (χ2v) is 6.78. The summed E-state index contributed by atoms with van der Waals surface area (Å²) in [5.74, 6) is 2.68. The number of rotatable bonds is 5. The minimum Gasteiger partial charge on any atom is -0.494 e. The Bertz CT molecular complexity index is 878. The fourth-order valence-electron chi connectivity index (χ4n) is 2.94. The van der Waals surface area contributed by atoms with Crippen molar-refractivity contribution in [2.45, 2.75) is 37.3 Å². The first-order valence-electron chi connectivity index (χ1n) is 8.12. The summed E-state index contributed by atoms with van der Waals surface area (Å²) >= 11 is 1.65. The zero-order valence-electron chi connectivity index (χ0n) is 13.7. The molecule has 24 heavy (non-hydrogen) atoms. The number of thioether (sulfide) groups is 1. The van der Waals surface area contributed by atoms with Gasteiger partial charge in [0.15, 0.2) is 10.8 Å². The summed E-state index contributed by atoms with van der Waals surface area (Å²) in [6, 6.07) is 10.1. The van der Waals surface area contributed by atoms with E-state index >= 15 is 0 Å². The summed E-state index contributed by atoms with van der Waals surface area (Å²) in [7, 11) is 0.